The van der Waals surface area contributed by atoms with Crippen molar-refractivity contribution in [1.29, 1.82) is 0 Å². The van der Waals surface area contributed by atoms with Crippen LogP contribution in [0.3, 0.4) is 0 Å². The number of rotatable bonds is 15. The van der Waals surface area contributed by atoms with Crippen LogP contribution in [0.15, 0.2) is 0 Å². The normalized spacial score (nSPS) is 16.6. The molecule has 0 aromatic rings. The first-order valence-corrected chi connectivity index (χ1v) is 13.1. The minimum atomic E-state index is -3.74. The number of thiol groups is 1. The lowest BCUT2D eigenvalue weighted by Gasteiger charge is -2.38. The van der Waals surface area contributed by atoms with E-state index in [9.17, 15) is 4.57 Å². The van der Waals surface area contributed by atoms with E-state index in [2.05, 4.69) is 61.1 Å². The van der Waals surface area contributed by atoms with Gasteiger partial charge in [0.15, 0.2) is 0 Å². The zero-order valence-electron chi connectivity index (χ0n) is 21.7. The second kappa shape index (κ2) is 11.0. The minimum Gasteiger partial charge on any atom is -0.375 e. The third-order valence-corrected chi connectivity index (χ3v) is 8.07. The van der Waals surface area contributed by atoms with Gasteiger partial charge in [-0.1, -0.05) is 41.0 Å². The Morgan fingerprint density at radius 1 is 0.767 bits per heavy atom. The summed E-state index contributed by atoms with van der Waals surface area (Å²) in [7, 11) is -2.38. The second-order valence-electron chi connectivity index (χ2n) is 11.9. The first kappa shape index (κ1) is 30.4. The highest BCUT2D eigenvalue weighted by Gasteiger charge is 2.41. The number of hydrogen-bond donors (Lipinski definition) is 1. The summed E-state index contributed by atoms with van der Waals surface area (Å²) in [6.45, 7) is 23.2. The summed E-state index contributed by atoms with van der Waals surface area (Å²) in [5.41, 5.74) is -1.49. The number of hydrogen-bond acceptors (Lipinski definition) is 6. The summed E-state index contributed by atoms with van der Waals surface area (Å²) in [6, 6.07) is 0. The summed E-state index contributed by atoms with van der Waals surface area (Å²) in [4.78, 5) is 0. The van der Waals surface area contributed by atoms with Crippen LogP contribution in [0.2, 0.25) is 0 Å². The molecule has 0 aliphatic rings. The van der Waals surface area contributed by atoms with Crippen LogP contribution in [-0.2, 0) is 22.9 Å². The molecule has 1 unspecified atom stereocenters. The van der Waals surface area contributed by atoms with Gasteiger partial charge in [-0.05, 0) is 77.4 Å². The summed E-state index contributed by atoms with van der Waals surface area (Å²) >= 11 is 4.41. The highest BCUT2D eigenvalue weighted by Crippen LogP contribution is 2.56. The second-order valence-corrected chi connectivity index (χ2v) is 13.8. The predicted molar refractivity (Wildman–Crippen MR) is 131 cm³/mol. The molecule has 1 atom stereocenters. The van der Waals surface area contributed by atoms with Crippen LogP contribution in [0.4, 0.5) is 0 Å². The molecule has 0 aromatic heterocycles. The summed E-state index contributed by atoms with van der Waals surface area (Å²) in [5, 5.41) is 0. The first-order chi connectivity index (χ1) is 13.2. The van der Waals surface area contributed by atoms with Crippen molar-refractivity contribution in [3.8, 4) is 0 Å². The van der Waals surface area contributed by atoms with E-state index in [1.54, 1.807) is 0 Å². The average Bonchev–Trinajstić information content (AvgIpc) is 2.51. The molecular weight excluding hydrogens is 419 g/mol. The van der Waals surface area contributed by atoms with E-state index in [0.29, 0.717) is 25.2 Å². The van der Waals surface area contributed by atoms with E-state index in [1.165, 1.54) is 7.11 Å². The lowest BCUT2D eigenvalue weighted by atomic mass is 9.80. The van der Waals surface area contributed by atoms with E-state index in [1.807, 2.05) is 27.7 Å². The Hall–Kier alpha value is 0.420. The van der Waals surface area contributed by atoms with Crippen LogP contribution in [0.5, 0.6) is 0 Å². The zero-order valence-corrected chi connectivity index (χ0v) is 23.5. The van der Waals surface area contributed by atoms with Crippen molar-refractivity contribution in [2.75, 3.05) is 19.5 Å². The zero-order chi connectivity index (χ0) is 24.1. The first-order valence-electron chi connectivity index (χ1n) is 11.0. The maximum atomic E-state index is 13.2. The molecule has 0 saturated carbocycles. The van der Waals surface area contributed by atoms with Crippen LogP contribution >= 0.6 is 20.5 Å². The maximum absolute atomic E-state index is 13.2. The molecule has 0 saturated heterocycles. The Morgan fingerprint density at radius 2 is 1.23 bits per heavy atom. The van der Waals surface area contributed by atoms with E-state index in [-0.39, 0.29) is 16.4 Å². The van der Waals surface area contributed by atoms with Gasteiger partial charge in [0.2, 0.25) is 0 Å². The maximum Gasteiger partial charge on any atom is 0.475 e. The van der Waals surface area contributed by atoms with Gasteiger partial charge in [-0.25, -0.2) is 4.57 Å². The highest BCUT2D eigenvalue weighted by molar-refractivity contribution is 7.80. The van der Waals surface area contributed by atoms with Gasteiger partial charge in [0.25, 0.3) is 0 Å². The van der Waals surface area contributed by atoms with E-state index in [0.717, 1.165) is 12.8 Å². The van der Waals surface area contributed by atoms with Gasteiger partial charge in [0.05, 0.1) is 23.4 Å². The summed E-state index contributed by atoms with van der Waals surface area (Å²) in [6.07, 6.45) is 3.31. The van der Waals surface area contributed by atoms with Crippen LogP contribution < -0.4 is 0 Å². The molecule has 0 aromatic carbocycles. The van der Waals surface area contributed by atoms with Gasteiger partial charge in [-0.2, -0.15) is 12.6 Å². The minimum absolute atomic E-state index is 0.0631. The van der Waals surface area contributed by atoms with Crippen molar-refractivity contribution in [2.45, 2.75) is 119 Å². The third-order valence-electron chi connectivity index (χ3n) is 5.33. The van der Waals surface area contributed by atoms with Crippen molar-refractivity contribution >= 4 is 20.5 Å². The molecule has 0 fully saturated rings. The quantitative estimate of drug-likeness (QED) is 0.197. The largest absolute Gasteiger partial charge is 0.475 e. The van der Waals surface area contributed by atoms with Crippen molar-refractivity contribution < 1.29 is 22.9 Å². The summed E-state index contributed by atoms with van der Waals surface area (Å²) in [5.74, 6) is 0.700. The Morgan fingerprint density at radius 3 is 1.67 bits per heavy atom. The van der Waals surface area contributed by atoms with E-state index in [4.69, 9.17) is 18.3 Å². The fraction of sp³-hybridized carbons (Fsp3) is 1.00. The van der Waals surface area contributed by atoms with E-state index >= 15 is 0 Å². The van der Waals surface area contributed by atoms with Gasteiger partial charge in [-0.15, -0.1) is 0 Å². The average molecular weight is 469 g/mol. The summed E-state index contributed by atoms with van der Waals surface area (Å²) < 4.78 is 36.5. The molecule has 0 heterocycles. The van der Waals surface area contributed by atoms with E-state index < -0.39 is 19.0 Å². The Balaban J connectivity index is 4.98. The Kier molecular flexibility index (Phi) is 11.2. The third kappa shape index (κ3) is 12.5. The molecule has 0 aliphatic carbocycles. The lowest BCUT2D eigenvalue weighted by molar-refractivity contribution is -0.0711. The van der Waals surface area contributed by atoms with Gasteiger partial charge in [-0.3, -0.25) is 13.6 Å². The highest BCUT2D eigenvalue weighted by atomic mass is 32.1. The molecule has 0 aliphatic heterocycles. The van der Waals surface area contributed by atoms with Crippen LogP contribution in [0, 0.1) is 10.8 Å². The molecule has 0 radical (unpaired) electrons. The molecule has 5 nitrogen and oxygen atoms in total. The number of ether oxygens (including phenoxy) is 1. The van der Waals surface area contributed by atoms with Crippen LogP contribution in [0.1, 0.15) is 102 Å². The molecule has 0 bridgehead atoms. The van der Waals surface area contributed by atoms with Gasteiger partial charge in [0, 0.05) is 7.11 Å². The fourth-order valence-electron chi connectivity index (χ4n) is 3.89. The monoisotopic (exact) mass is 468 g/mol. The van der Waals surface area contributed by atoms with Crippen LogP contribution in [-0.4, -0.2) is 36.3 Å². The van der Waals surface area contributed by atoms with Gasteiger partial charge >= 0.3 is 7.82 Å². The van der Waals surface area contributed by atoms with Crippen molar-refractivity contribution in [3.63, 3.8) is 0 Å². The molecule has 0 spiro atoms. The van der Waals surface area contributed by atoms with Crippen molar-refractivity contribution in [1.82, 2.24) is 0 Å². The topological polar surface area (TPSA) is 54.0 Å². The molecule has 0 N–H and O–H groups in total. The van der Waals surface area contributed by atoms with Crippen LogP contribution in [0.25, 0.3) is 0 Å². The Bertz CT molecular complexity index is 570. The molecule has 0 amide bonds. The number of phosphoric acid groups is 1. The van der Waals surface area contributed by atoms with Gasteiger partial charge in [0.1, 0.15) is 0 Å². The SMILES string of the molecule is CCC(C)(C)CC(C)(C)OCCC(C)(C)OP(=O)(OC)OC(C)(C)CC(C)(C)CS. The standard InChI is InChI=1S/C23H49O5PS/c1-13-19(2,3)16-22(8,9)26-15-14-21(6,7)27-29(24,25-12)28-23(10,11)17-20(4,5)18-30/h30H,13-18H2,1-12H3. The fourth-order valence-corrected chi connectivity index (χ4v) is 5.55. The smallest absolute Gasteiger partial charge is 0.375 e. The molecule has 0 rings (SSSR count). The molecular formula is C23H49O5PS. The Labute approximate surface area is 192 Å². The molecule has 30 heavy (non-hydrogen) atoms. The number of phosphoric ester groups is 1. The molecule has 7 heteroatoms. The lowest BCUT2D eigenvalue weighted by Crippen LogP contribution is -2.35. The molecule has 182 valence electrons. The van der Waals surface area contributed by atoms with Gasteiger partial charge < -0.3 is 4.74 Å². The predicted octanol–water partition coefficient (Wildman–Crippen LogP) is 7.69. The van der Waals surface area contributed by atoms with Crippen molar-refractivity contribution in [2.24, 2.45) is 10.8 Å². The van der Waals surface area contributed by atoms with Crippen molar-refractivity contribution in [3.05, 3.63) is 0 Å².